The molecule has 1 aromatic carbocycles. The average molecular weight is 229 g/mol. The van der Waals surface area contributed by atoms with E-state index in [9.17, 15) is 4.79 Å². The third-order valence-corrected chi connectivity index (χ3v) is 3.59. The first-order valence-electron chi connectivity index (χ1n) is 5.81. The quantitative estimate of drug-likeness (QED) is 0.720. The third-order valence-electron chi connectivity index (χ3n) is 3.59. The molecule has 4 rings (SSSR count). The minimum Gasteiger partial charge on any atom is -0.468 e. The van der Waals surface area contributed by atoms with Crippen LogP contribution in [-0.4, -0.2) is 36.0 Å². The Morgan fingerprint density at radius 3 is 2.88 bits per heavy atom. The second kappa shape index (κ2) is 3.17. The smallest absolute Gasteiger partial charge is 0.217 e. The minimum absolute atomic E-state index is 0.00732. The zero-order chi connectivity index (χ0) is 11.4. The first kappa shape index (κ1) is 9.36. The highest BCUT2D eigenvalue weighted by atomic mass is 16.6. The molecule has 3 aliphatic heterocycles. The molecular formula is C13H11NO3. The number of carbonyl (C=O) groups excluding carboxylic acids is 1. The number of hydrogen-bond donors (Lipinski definition) is 0. The van der Waals surface area contributed by atoms with Crippen molar-refractivity contribution >= 4 is 11.7 Å². The van der Waals surface area contributed by atoms with Crippen LogP contribution in [0.3, 0.4) is 0 Å². The number of ketones is 1. The molecule has 4 nitrogen and oxygen atoms in total. The molecule has 2 bridgehead atoms. The van der Waals surface area contributed by atoms with Crippen LogP contribution in [0.4, 0.5) is 0 Å². The van der Waals surface area contributed by atoms with Crippen LogP contribution < -0.4 is 0 Å². The van der Waals surface area contributed by atoms with Crippen molar-refractivity contribution in [2.75, 3.05) is 0 Å². The van der Waals surface area contributed by atoms with Crippen LogP contribution in [0.25, 0.3) is 0 Å². The van der Waals surface area contributed by atoms with Gasteiger partial charge in [0.1, 0.15) is 6.04 Å². The van der Waals surface area contributed by atoms with Gasteiger partial charge < -0.3 is 9.47 Å². The molecule has 0 amide bonds. The van der Waals surface area contributed by atoms with E-state index in [-0.39, 0.29) is 24.0 Å². The molecule has 4 heteroatoms. The van der Waals surface area contributed by atoms with Gasteiger partial charge in [0, 0.05) is 12.0 Å². The van der Waals surface area contributed by atoms with Gasteiger partial charge in [-0.1, -0.05) is 18.2 Å². The van der Waals surface area contributed by atoms with E-state index in [1.165, 1.54) is 0 Å². The van der Waals surface area contributed by atoms with Gasteiger partial charge in [-0.3, -0.25) is 4.79 Å². The highest BCUT2D eigenvalue weighted by molar-refractivity contribution is 5.97. The van der Waals surface area contributed by atoms with Gasteiger partial charge >= 0.3 is 0 Å². The normalized spacial score (nSPS) is 37.9. The van der Waals surface area contributed by atoms with E-state index in [4.69, 9.17) is 9.47 Å². The Balaban J connectivity index is 1.67. The van der Waals surface area contributed by atoms with E-state index in [2.05, 4.69) is 4.99 Å². The number of fused-ring (bicyclic) bond motifs is 5. The summed E-state index contributed by atoms with van der Waals surface area (Å²) in [5.41, 5.74) is 0.966. The van der Waals surface area contributed by atoms with E-state index in [0.717, 1.165) is 5.56 Å². The number of carbonyl (C=O) groups is 1. The van der Waals surface area contributed by atoms with E-state index >= 15 is 0 Å². The summed E-state index contributed by atoms with van der Waals surface area (Å²) in [6, 6.07) is 9.79. The van der Waals surface area contributed by atoms with Crippen molar-refractivity contribution in [1.82, 2.24) is 0 Å². The lowest BCUT2D eigenvalue weighted by Gasteiger charge is -2.17. The summed E-state index contributed by atoms with van der Waals surface area (Å²) in [5.74, 6) is 0.800. The van der Waals surface area contributed by atoms with Crippen molar-refractivity contribution in [3.8, 4) is 0 Å². The Morgan fingerprint density at radius 1 is 1.24 bits per heavy atom. The monoisotopic (exact) mass is 229 g/mol. The molecule has 17 heavy (non-hydrogen) atoms. The van der Waals surface area contributed by atoms with Crippen molar-refractivity contribution in [2.24, 2.45) is 4.99 Å². The van der Waals surface area contributed by atoms with Crippen LogP contribution in [0.5, 0.6) is 0 Å². The Bertz CT molecular complexity index is 511. The Hall–Kier alpha value is -1.68. The first-order valence-corrected chi connectivity index (χ1v) is 5.81. The highest BCUT2D eigenvalue weighted by Gasteiger charge is 2.58. The second-order valence-corrected chi connectivity index (χ2v) is 4.64. The standard InChI is InChI=1S/C13H11NO3/c15-8-6-9-10-12(11(8)16-9)17-13(14-10)7-4-2-1-3-5-7/h1-5,9-12H,6H2/t9-,10-,11+,12-/m0/s1. The Labute approximate surface area is 98.3 Å². The number of rotatable bonds is 1. The second-order valence-electron chi connectivity index (χ2n) is 4.64. The summed E-state index contributed by atoms with van der Waals surface area (Å²) < 4.78 is 11.3. The Morgan fingerprint density at radius 2 is 2.06 bits per heavy atom. The number of hydrogen-bond acceptors (Lipinski definition) is 4. The topological polar surface area (TPSA) is 47.9 Å². The molecule has 1 aromatic rings. The van der Waals surface area contributed by atoms with E-state index in [0.29, 0.717) is 12.3 Å². The molecule has 0 aromatic heterocycles. The zero-order valence-electron chi connectivity index (χ0n) is 9.08. The van der Waals surface area contributed by atoms with Crippen molar-refractivity contribution in [2.45, 2.75) is 30.8 Å². The molecule has 0 N–H and O–H groups in total. The van der Waals surface area contributed by atoms with E-state index in [1.54, 1.807) is 0 Å². The van der Waals surface area contributed by atoms with Crippen LogP contribution in [0.1, 0.15) is 12.0 Å². The van der Waals surface area contributed by atoms with E-state index < -0.39 is 6.10 Å². The van der Waals surface area contributed by atoms with Crippen LogP contribution in [0.15, 0.2) is 35.3 Å². The number of nitrogens with zero attached hydrogens (tertiary/aromatic N) is 1. The molecule has 0 spiro atoms. The number of aliphatic imine (C=N–C) groups is 1. The molecule has 0 radical (unpaired) electrons. The molecule has 86 valence electrons. The summed E-state index contributed by atoms with van der Waals surface area (Å²) in [6.45, 7) is 0. The highest BCUT2D eigenvalue weighted by Crippen LogP contribution is 2.39. The summed E-state index contributed by atoms with van der Waals surface area (Å²) in [5, 5.41) is 0. The largest absolute Gasteiger partial charge is 0.468 e. The fourth-order valence-electron chi connectivity index (χ4n) is 2.79. The third kappa shape index (κ3) is 1.21. The SMILES string of the molecule is O=C1C[C@@H]2O[C@H]1[C@H]1OC(c3ccccc3)=N[C@H]12. The summed E-state index contributed by atoms with van der Waals surface area (Å²) in [6.07, 6.45) is -0.175. The van der Waals surface area contributed by atoms with Gasteiger partial charge in [0.25, 0.3) is 0 Å². The van der Waals surface area contributed by atoms with Crippen molar-refractivity contribution < 1.29 is 14.3 Å². The molecule has 2 fully saturated rings. The predicted molar refractivity (Wildman–Crippen MR) is 59.9 cm³/mol. The van der Waals surface area contributed by atoms with Gasteiger partial charge in [0.05, 0.1) is 6.10 Å². The van der Waals surface area contributed by atoms with Gasteiger partial charge in [-0.25, -0.2) is 4.99 Å². The molecular weight excluding hydrogens is 218 g/mol. The van der Waals surface area contributed by atoms with Gasteiger partial charge in [0.2, 0.25) is 5.90 Å². The Kier molecular flexibility index (Phi) is 1.74. The molecule has 0 unspecified atom stereocenters. The fraction of sp³-hybridized carbons (Fsp3) is 0.385. The molecule has 2 saturated heterocycles. The fourth-order valence-corrected chi connectivity index (χ4v) is 2.79. The van der Waals surface area contributed by atoms with Crippen LogP contribution in [0.2, 0.25) is 0 Å². The molecule has 3 aliphatic rings. The molecule has 0 saturated carbocycles. The van der Waals surface area contributed by atoms with Crippen molar-refractivity contribution in [1.29, 1.82) is 0 Å². The summed E-state index contributed by atoms with van der Waals surface area (Å²) in [4.78, 5) is 16.1. The lowest BCUT2D eigenvalue weighted by atomic mass is 9.92. The summed E-state index contributed by atoms with van der Waals surface area (Å²) in [7, 11) is 0. The number of Topliss-reactive ketones (excluding diaryl/α,β-unsaturated/α-hetero) is 1. The van der Waals surface area contributed by atoms with Crippen molar-refractivity contribution in [3.63, 3.8) is 0 Å². The van der Waals surface area contributed by atoms with Gasteiger partial charge in [-0.2, -0.15) is 0 Å². The van der Waals surface area contributed by atoms with Gasteiger partial charge in [0.15, 0.2) is 18.0 Å². The summed E-state index contributed by atoms with van der Waals surface area (Å²) >= 11 is 0. The van der Waals surface area contributed by atoms with Gasteiger partial charge in [-0.05, 0) is 12.1 Å². The lowest BCUT2D eigenvalue weighted by molar-refractivity contribution is -0.124. The van der Waals surface area contributed by atoms with Crippen molar-refractivity contribution in [3.05, 3.63) is 35.9 Å². The predicted octanol–water partition coefficient (Wildman–Crippen LogP) is 0.941. The molecule has 4 atom stereocenters. The lowest BCUT2D eigenvalue weighted by Crippen LogP contribution is -2.39. The molecule has 0 aliphatic carbocycles. The number of ether oxygens (including phenoxy) is 2. The maximum Gasteiger partial charge on any atom is 0.217 e. The average Bonchev–Trinajstić information content (AvgIpc) is 2.99. The first-order chi connectivity index (χ1) is 8.33. The zero-order valence-corrected chi connectivity index (χ0v) is 9.08. The maximum atomic E-state index is 11.6. The van der Waals surface area contributed by atoms with Crippen LogP contribution in [0, 0.1) is 0 Å². The maximum absolute atomic E-state index is 11.6. The van der Waals surface area contributed by atoms with Gasteiger partial charge in [-0.15, -0.1) is 0 Å². The van der Waals surface area contributed by atoms with Crippen LogP contribution in [-0.2, 0) is 14.3 Å². The van der Waals surface area contributed by atoms with E-state index in [1.807, 2.05) is 30.3 Å². The minimum atomic E-state index is -0.394. The molecule has 3 heterocycles. The number of benzene rings is 1. The van der Waals surface area contributed by atoms with Crippen LogP contribution >= 0.6 is 0 Å².